The Morgan fingerprint density at radius 3 is 0.615 bits per heavy atom. The van der Waals surface area contributed by atoms with Crippen LogP contribution in [0.3, 0.4) is 0 Å². The van der Waals surface area contributed by atoms with Gasteiger partial charge < -0.3 is 0 Å². The Morgan fingerprint density at radius 1 is 0.212 bits per heavy atom. The molecule has 10 fully saturated rings. The molecule has 10 rings (SSSR count). The number of nitrogens with zero attached hydrogens (tertiary/aromatic N) is 6. The summed E-state index contributed by atoms with van der Waals surface area (Å²) in [6.45, 7) is -13.9. The normalized spacial score (nSPS) is 50.1. The Labute approximate surface area is 547 Å². The number of hydrogen-bond acceptors (Lipinski definition) is 6. The van der Waals surface area contributed by atoms with Gasteiger partial charge in [0, 0.05) is 0 Å². The van der Waals surface area contributed by atoms with Gasteiger partial charge in [0.05, 0.1) is 91.0 Å². The average Bonchev–Trinajstić information content (AvgIpc) is 0.655. The first-order chi connectivity index (χ1) is 45.7. The number of halogens is 47. The summed E-state index contributed by atoms with van der Waals surface area (Å²) in [5.74, 6) is -250. The molecular formula is C51H43F47N6. The molecule has 104 heavy (non-hydrogen) atoms. The van der Waals surface area contributed by atoms with Gasteiger partial charge >= 0.3 is 101 Å². The quantitative estimate of drug-likeness (QED) is 0.194. The molecule has 24 atom stereocenters. The summed E-state index contributed by atoms with van der Waals surface area (Å²) in [4.78, 5) is -13.6. The highest BCUT2D eigenvalue weighted by Crippen LogP contribution is 2.80. The average molecular weight is 1630 g/mol. The molecule has 606 valence electrons. The Hall–Kier alpha value is -3.53. The van der Waals surface area contributed by atoms with E-state index in [1.807, 2.05) is 0 Å². The summed E-state index contributed by atoms with van der Waals surface area (Å²) in [5.41, 5.74) is 0. The van der Waals surface area contributed by atoms with Crippen molar-refractivity contribution in [2.75, 3.05) is 62.3 Å². The molecule has 0 radical (unpaired) electrons. The lowest BCUT2D eigenvalue weighted by molar-refractivity contribution is -0.487. The third-order valence-corrected chi connectivity index (χ3v) is 23.2. The highest BCUT2D eigenvalue weighted by molar-refractivity contribution is 5.34. The smallest absolute Gasteiger partial charge is 0.267 e. The van der Waals surface area contributed by atoms with Crippen LogP contribution in [0.4, 0.5) is 206 Å². The Bertz CT molecular complexity index is 3260. The van der Waals surface area contributed by atoms with Crippen LogP contribution in [0.5, 0.6) is 0 Å². The van der Waals surface area contributed by atoms with Crippen molar-refractivity contribution in [3.8, 4) is 0 Å². The third-order valence-electron chi connectivity index (χ3n) is 23.2. The predicted molar refractivity (Wildman–Crippen MR) is 244 cm³/mol. The fourth-order valence-electron chi connectivity index (χ4n) is 18.3. The van der Waals surface area contributed by atoms with E-state index in [-0.39, 0.29) is 0 Å². The molecule has 10 aliphatic rings. The lowest BCUT2D eigenvalue weighted by Crippen LogP contribution is -2.90. The van der Waals surface area contributed by atoms with Gasteiger partial charge in [0.2, 0.25) is 0 Å². The summed E-state index contributed by atoms with van der Waals surface area (Å²) in [6, 6.07) is -6.78. The highest BCUT2D eigenvalue weighted by Gasteiger charge is 3.02. The van der Waals surface area contributed by atoms with Gasteiger partial charge in [-0.3, -0.25) is 19.6 Å². The molecule has 0 aromatic rings. The molecule has 9 saturated carbocycles. The molecule has 1 saturated heterocycles. The molecule has 53 heteroatoms. The highest BCUT2D eigenvalue weighted by atomic mass is 19.4. The molecule has 0 spiro atoms. The number of fused-ring (bicyclic) bond motifs is 6. The summed E-state index contributed by atoms with van der Waals surface area (Å²) < 4.78 is 782. The SMILES string of the molecule is CN(C)C1(F)C(F)(F)C2C(F)C3C(C(F)C2C(F)(F)C1(F)F)C(F)(F)C(N1CN(C2(F)C(F)(F)C4C(F)C5C(C(F)C4C(F)(F)C2(F)F)C(F)(F)C(F)(N(C)C)C(F)(F)C5(F)F)CN(C2(F)C(F)(F)C4C(F)C5C(C(F)C4C(F)(F)C2(F)F)C(F)(F)C(F)(N(C)C)C(F)(F)C5(F)F)C1)C(F)(F)C3(F)F. The van der Waals surface area contributed by atoms with E-state index in [9.17, 15) is 0 Å². The van der Waals surface area contributed by atoms with Crippen LogP contribution in [-0.4, -0.2) is 270 Å². The van der Waals surface area contributed by atoms with E-state index in [0.29, 0.717) is 0 Å². The van der Waals surface area contributed by atoms with Crippen LogP contribution in [-0.2, 0) is 0 Å². The largest absolute Gasteiger partial charge is 0.363 e. The van der Waals surface area contributed by atoms with Crippen LogP contribution in [0.15, 0.2) is 0 Å². The van der Waals surface area contributed by atoms with Crippen molar-refractivity contribution in [1.29, 1.82) is 0 Å². The molecule has 0 bridgehead atoms. The minimum absolute atomic E-state index is 0.437. The Kier molecular flexibility index (Phi) is 17.0. The third kappa shape index (κ3) is 7.98. The Morgan fingerprint density at radius 2 is 0.394 bits per heavy atom. The van der Waals surface area contributed by atoms with Crippen molar-refractivity contribution >= 4 is 0 Å². The van der Waals surface area contributed by atoms with Gasteiger partial charge in [-0.2, -0.15) is 105 Å². The van der Waals surface area contributed by atoms with Gasteiger partial charge in [0.1, 0.15) is 43.1 Å². The summed E-state index contributed by atoms with van der Waals surface area (Å²) in [7, 11) is -2.71. The molecule has 24 unspecified atom stereocenters. The zero-order valence-corrected chi connectivity index (χ0v) is 51.0. The maximum absolute atomic E-state index is 18.4. The second-order valence-electron chi connectivity index (χ2n) is 28.3. The topological polar surface area (TPSA) is 19.4 Å². The minimum atomic E-state index is -8.85. The summed E-state index contributed by atoms with van der Waals surface area (Å²) >= 11 is 0. The molecular weight excluding hydrogens is 1590 g/mol. The van der Waals surface area contributed by atoms with Gasteiger partial charge in [-0.05, 0) is 42.3 Å². The van der Waals surface area contributed by atoms with Crippen molar-refractivity contribution < 1.29 is 206 Å². The zero-order chi connectivity index (χ0) is 81.1. The molecule has 0 aromatic heterocycles. The summed E-state index contributed by atoms with van der Waals surface area (Å²) in [5, 5.41) is 0. The fourth-order valence-corrected chi connectivity index (χ4v) is 18.3. The molecule has 0 amide bonds. The van der Waals surface area contributed by atoms with Crippen molar-refractivity contribution in [2.24, 2.45) is 71.0 Å². The number of alkyl halides is 47. The molecule has 9 aliphatic carbocycles. The van der Waals surface area contributed by atoms with Gasteiger partial charge in [-0.25, -0.2) is 111 Å². The van der Waals surface area contributed by atoms with Crippen LogP contribution < -0.4 is 0 Å². The van der Waals surface area contributed by atoms with Crippen molar-refractivity contribution in [2.45, 2.75) is 179 Å². The minimum Gasteiger partial charge on any atom is -0.267 e. The lowest BCUT2D eigenvalue weighted by Gasteiger charge is -2.67. The molecule has 1 heterocycles. The van der Waals surface area contributed by atoms with Crippen LogP contribution in [0, 0.1) is 71.0 Å². The first-order valence-electron chi connectivity index (χ1n) is 29.1. The van der Waals surface area contributed by atoms with Gasteiger partial charge in [0.15, 0.2) is 0 Å². The Balaban J connectivity index is 1.24. The van der Waals surface area contributed by atoms with E-state index >= 15 is 206 Å². The fraction of sp³-hybridized carbons (Fsp3) is 1.00. The van der Waals surface area contributed by atoms with Gasteiger partial charge in [0.25, 0.3) is 34.9 Å². The first-order valence-corrected chi connectivity index (χ1v) is 29.1. The van der Waals surface area contributed by atoms with E-state index < -0.39 is 341 Å². The maximum Gasteiger partial charge on any atom is 0.363 e. The monoisotopic (exact) mass is 1630 g/mol. The van der Waals surface area contributed by atoms with Crippen LogP contribution in [0.2, 0.25) is 0 Å². The number of rotatable bonds is 6. The van der Waals surface area contributed by atoms with Crippen molar-refractivity contribution in [3.05, 3.63) is 0 Å². The van der Waals surface area contributed by atoms with Crippen LogP contribution in [0.1, 0.15) is 0 Å². The molecule has 0 aromatic carbocycles. The first kappa shape index (κ1) is 83.0. The maximum atomic E-state index is 18.4. The van der Waals surface area contributed by atoms with Crippen molar-refractivity contribution in [1.82, 2.24) is 29.4 Å². The second kappa shape index (κ2) is 21.4. The van der Waals surface area contributed by atoms with Gasteiger partial charge in [-0.15, -0.1) is 0 Å². The molecule has 6 nitrogen and oxygen atoms in total. The van der Waals surface area contributed by atoms with Gasteiger partial charge in [-0.1, -0.05) is 0 Å². The van der Waals surface area contributed by atoms with Crippen LogP contribution in [0.25, 0.3) is 0 Å². The standard InChI is InChI=1S/C51H43F47N6/c1-99(2)47(94)36(72,73)17-12(31(62,63)42(47,84)85)22(52)10-11(23(17)53)30(60,61)41(82,83)28(29(10,58)59)102-7-103(50(97)39(78,79)20-15(34(68,69)45(50,90)91)24(54)18-13(26(20)56)32(64,65)43(86,87)48(95,100(3)4)37(18,74)75)9-104(8-102)51(98)40(80,81)21-16(35(70,71)46(51,92)93)25(55)19-14(27(21)57)33(66,67)44(88,89)49(96,101(5)6)38(19,76)77/h10-28H,7-9H2,1-6H3. The molecule has 1 aliphatic heterocycles. The summed E-state index contributed by atoms with van der Waals surface area (Å²) in [6.07, 6.45) is -36.2. The number of hydrogen-bond donors (Lipinski definition) is 0. The van der Waals surface area contributed by atoms with E-state index in [1.165, 1.54) is 0 Å². The predicted octanol–water partition coefficient (Wildman–Crippen LogP) is 15.1. The lowest BCUT2D eigenvalue weighted by atomic mass is 9.50. The zero-order valence-electron chi connectivity index (χ0n) is 51.0. The van der Waals surface area contributed by atoms with E-state index in [4.69, 9.17) is 0 Å². The van der Waals surface area contributed by atoms with E-state index in [0.717, 1.165) is 0 Å². The second-order valence-corrected chi connectivity index (χ2v) is 28.3. The molecule has 0 N–H and O–H groups in total. The van der Waals surface area contributed by atoms with Crippen LogP contribution >= 0.6 is 0 Å². The van der Waals surface area contributed by atoms with Crippen molar-refractivity contribution in [3.63, 3.8) is 0 Å². The van der Waals surface area contributed by atoms with E-state index in [2.05, 4.69) is 0 Å². The van der Waals surface area contributed by atoms with E-state index in [1.54, 1.807) is 0 Å².